The van der Waals surface area contributed by atoms with Crippen LogP contribution in [0.2, 0.25) is 0 Å². The maximum Gasteiger partial charge on any atom is 0.0849 e. The summed E-state index contributed by atoms with van der Waals surface area (Å²) in [5.74, 6) is 0. The van der Waals surface area contributed by atoms with Crippen LogP contribution in [-0.2, 0) is 0 Å². The molecule has 0 aliphatic carbocycles. The van der Waals surface area contributed by atoms with Gasteiger partial charge in [-0.2, -0.15) is 6.42 Å². The third kappa shape index (κ3) is 1.57. The topological polar surface area (TPSA) is 3.24 Å². The Bertz CT molecular complexity index is 108. The molecule has 2 fully saturated rings. The molecular formula is C7H11FNU-. The standard InChI is InChI=1S/C7H11FN.U/c8-6-4-7-2-1-3-9(7)5-6;/h6H,1-5H2;/q-1;. The Morgan fingerprint density at radius 1 is 1.50 bits per heavy atom. The summed E-state index contributed by atoms with van der Waals surface area (Å²) in [6.45, 7) is 1.78. The number of halogens is 1. The summed E-state index contributed by atoms with van der Waals surface area (Å²) >= 11 is 0. The van der Waals surface area contributed by atoms with Crippen LogP contribution in [0, 0.1) is 37.2 Å². The van der Waals surface area contributed by atoms with Gasteiger partial charge in [0.2, 0.25) is 0 Å². The first-order valence-electron chi connectivity index (χ1n) is 3.60. The van der Waals surface area contributed by atoms with Crippen molar-refractivity contribution in [2.75, 3.05) is 13.1 Å². The second kappa shape index (κ2) is 3.56. The smallest absolute Gasteiger partial charge is 0.0849 e. The fourth-order valence-corrected chi connectivity index (χ4v) is 1.80. The molecule has 0 N–H and O–H groups in total. The first-order chi connectivity index (χ1) is 4.36. The Hall–Kier alpha value is 0.942. The van der Waals surface area contributed by atoms with Crippen molar-refractivity contribution in [2.24, 2.45) is 0 Å². The van der Waals surface area contributed by atoms with E-state index in [2.05, 4.69) is 4.90 Å². The number of hydrogen-bond acceptors (Lipinski definition) is 1. The van der Waals surface area contributed by atoms with Gasteiger partial charge in [-0.1, -0.05) is 6.42 Å². The van der Waals surface area contributed by atoms with E-state index in [1.807, 2.05) is 0 Å². The average molecular weight is 366 g/mol. The minimum atomic E-state index is -0.555. The molecule has 10 heavy (non-hydrogen) atoms. The zero-order chi connectivity index (χ0) is 6.27. The Morgan fingerprint density at radius 3 is 3.00 bits per heavy atom. The predicted molar refractivity (Wildman–Crippen MR) is 33.6 cm³/mol. The van der Waals surface area contributed by atoms with Crippen LogP contribution in [0.4, 0.5) is 4.39 Å². The van der Waals surface area contributed by atoms with Gasteiger partial charge in [-0.05, 0) is 13.1 Å². The SMILES string of the molecule is FC1C[C-]2CCCN2C1.[U]. The average Bonchev–Trinajstić information content (AvgIpc) is 2.22. The third-order valence-corrected chi connectivity index (χ3v) is 2.22. The molecular weight excluding hydrogens is 355 g/mol. The number of rotatable bonds is 0. The molecule has 0 amide bonds. The van der Waals surface area contributed by atoms with Crippen molar-refractivity contribution in [2.45, 2.75) is 25.4 Å². The summed E-state index contributed by atoms with van der Waals surface area (Å²) in [5, 5.41) is 0. The van der Waals surface area contributed by atoms with Crippen LogP contribution in [0.25, 0.3) is 0 Å². The molecule has 56 valence electrons. The van der Waals surface area contributed by atoms with Gasteiger partial charge in [0.15, 0.2) is 0 Å². The third-order valence-electron chi connectivity index (χ3n) is 2.22. The number of fused-ring (bicyclic) bond motifs is 1. The summed E-state index contributed by atoms with van der Waals surface area (Å²) in [5.41, 5.74) is 0. The van der Waals surface area contributed by atoms with Crippen LogP contribution in [0.15, 0.2) is 0 Å². The quantitative estimate of drug-likeness (QED) is 0.586. The first-order valence-corrected chi connectivity index (χ1v) is 3.60. The van der Waals surface area contributed by atoms with Crippen LogP contribution in [0.1, 0.15) is 19.3 Å². The molecule has 1 nitrogen and oxygen atoms in total. The van der Waals surface area contributed by atoms with Crippen LogP contribution in [0.3, 0.4) is 0 Å². The number of hydrogen-bond donors (Lipinski definition) is 0. The summed E-state index contributed by atoms with van der Waals surface area (Å²) in [6.07, 6.45) is 2.57. The van der Waals surface area contributed by atoms with Gasteiger partial charge in [0, 0.05) is 31.1 Å². The fourth-order valence-electron chi connectivity index (χ4n) is 1.80. The zero-order valence-corrected chi connectivity index (χ0v) is 10.1. The van der Waals surface area contributed by atoms with Crippen molar-refractivity contribution in [1.82, 2.24) is 4.90 Å². The minimum absolute atomic E-state index is 0. The van der Waals surface area contributed by atoms with Crippen LogP contribution >= 0.6 is 0 Å². The molecule has 1 atom stereocenters. The molecule has 2 aliphatic heterocycles. The van der Waals surface area contributed by atoms with Crippen molar-refractivity contribution in [3.8, 4) is 0 Å². The van der Waals surface area contributed by atoms with E-state index >= 15 is 0 Å². The normalized spacial score (nSPS) is 33.9. The number of alkyl halides is 1. The van der Waals surface area contributed by atoms with Crippen molar-refractivity contribution < 1.29 is 35.5 Å². The maximum absolute atomic E-state index is 12.6. The van der Waals surface area contributed by atoms with E-state index in [4.69, 9.17) is 0 Å². The van der Waals surface area contributed by atoms with Gasteiger partial charge < -0.3 is 4.90 Å². The van der Waals surface area contributed by atoms with Gasteiger partial charge in [-0.25, -0.2) is 10.4 Å². The zero-order valence-electron chi connectivity index (χ0n) is 5.94. The van der Waals surface area contributed by atoms with Gasteiger partial charge in [0.25, 0.3) is 0 Å². The summed E-state index contributed by atoms with van der Waals surface area (Å²) in [7, 11) is 0. The van der Waals surface area contributed by atoms with Gasteiger partial charge in [0.1, 0.15) is 0 Å². The monoisotopic (exact) mass is 366 g/mol. The largest absolute Gasteiger partial charge is 0.451 e. The Morgan fingerprint density at radius 2 is 2.30 bits per heavy atom. The van der Waals surface area contributed by atoms with E-state index in [0.717, 1.165) is 19.4 Å². The molecule has 1 unspecified atom stereocenters. The van der Waals surface area contributed by atoms with Gasteiger partial charge >= 0.3 is 0 Å². The molecule has 2 saturated heterocycles. The predicted octanol–water partition coefficient (Wildman–Crippen LogP) is 1.36. The van der Waals surface area contributed by atoms with E-state index in [9.17, 15) is 4.39 Å². The van der Waals surface area contributed by atoms with Gasteiger partial charge in [-0.15, -0.1) is 6.42 Å². The molecule has 0 aromatic rings. The van der Waals surface area contributed by atoms with Crippen molar-refractivity contribution in [3.63, 3.8) is 0 Å². The molecule has 0 aromatic heterocycles. The van der Waals surface area contributed by atoms with Crippen LogP contribution in [-0.4, -0.2) is 24.2 Å². The Labute approximate surface area is 84.7 Å². The van der Waals surface area contributed by atoms with E-state index in [1.54, 1.807) is 0 Å². The number of nitrogens with zero attached hydrogens (tertiary/aromatic N) is 1. The van der Waals surface area contributed by atoms with E-state index < -0.39 is 6.17 Å². The van der Waals surface area contributed by atoms with Crippen molar-refractivity contribution in [3.05, 3.63) is 6.04 Å². The van der Waals surface area contributed by atoms with E-state index in [0.29, 0.717) is 6.54 Å². The molecule has 2 rings (SSSR count). The Kier molecular flexibility index (Phi) is 3.22. The van der Waals surface area contributed by atoms with Crippen LogP contribution < -0.4 is 0 Å². The Balaban J connectivity index is 0.000000500. The summed E-state index contributed by atoms with van der Waals surface area (Å²) < 4.78 is 12.6. The van der Waals surface area contributed by atoms with Crippen molar-refractivity contribution >= 4 is 0 Å². The molecule has 3 heteroatoms. The second-order valence-corrected chi connectivity index (χ2v) is 2.92. The summed E-state index contributed by atoms with van der Waals surface area (Å²) in [6, 6.07) is 1.36. The minimum Gasteiger partial charge on any atom is -0.451 e. The van der Waals surface area contributed by atoms with E-state index in [-0.39, 0.29) is 31.1 Å². The van der Waals surface area contributed by atoms with E-state index in [1.165, 1.54) is 12.5 Å². The molecule has 2 heterocycles. The van der Waals surface area contributed by atoms with Crippen molar-refractivity contribution in [1.29, 1.82) is 0 Å². The second-order valence-electron chi connectivity index (χ2n) is 2.92. The molecule has 0 bridgehead atoms. The van der Waals surface area contributed by atoms with Crippen LogP contribution in [0.5, 0.6) is 0 Å². The molecule has 0 radical (unpaired) electrons. The fraction of sp³-hybridized carbons (Fsp3) is 0.857. The molecule has 0 spiro atoms. The molecule has 2 aliphatic rings. The molecule has 0 saturated carbocycles. The van der Waals surface area contributed by atoms with Gasteiger partial charge in [0.05, 0.1) is 6.17 Å². The molecule has 0 aromatic carbocycles. The maximum atomic E-state index is 12.6. The first kappa shape index (κ1) is 9.03. The van der Waals surface area contributed by atoms with Gasteiger partial charge in [-0.3, -0.25) is 0 Å². The summed E-state index contributed by atoms with van der Waals surface area (Å²) in [4.78, 5) is 2.20.